The smallest absolute Gasteiger partial charge is 0.321 e. The van der Waals surface area contributed by atoms with Crippen molar-refractivity contribution in [3.8, 4) is 5.88 Å². The number of amides is 3. The second-order valence-electron chi connectivity index (χ2n) is 7.71. The molecule has 1 aromatic carbocycles. The molecule has 1 aliphatic heterocycles. The Morgan fingerprint density at radius 2 is 1.77 bits per heavy atom. The van der Waals surface area contributed by atoms with Gasteiger partial charge in [-0.3, -0.25) is 4.79 Å². The Balaban J connectivity index is 1.43. The number of likely N-dealkylation sites (tertiary alicyclic amines) is 1. The molecule has 31 heavy (non-hydrogen) atoms. The molecular weight excluding hydrogens is 396 g/mol. The molecule has 0 aliphatic carbocycles. The van der Waals surface area contributed by atoms with E-state index in [0.717, 1.165) is 42.6 Å². The van der Waals surface area contributed by atoms with Crippen molar-refractivity contribution in [1.82, 2.24) is 19.7 Å². The number of hydrogen-bond acceptors (Lipinski definition) is 5. The van der Waals surface area contributed by atoms with Crippen LogP contribution in [-0.4, -0.2) is 51.3 Å². The summed E-state index contributed by atoms with van der Waals surface area (Å²) in [6, 6.07) is 8.90. The fraction of sp³-hybridized carbons (Fsp3) is 0.364. The van der Waals surface area contributed by atoms with Gasteiger partial charge in [0.05, 0.1) is 16.8 Å². The van der Waals surface area contributed by atoms with Gasteiger partial charge in [-0.1, -0.05) is 12.1 Å². The fourth-order valence-corrected chi connectivity index (χ4v) is 3.79. The number of aromatic nitrogens is 3. The monoisotopic (exact) mass is 422 g/mol. The number of benzene rings is 1. The van der Waals surface area contributed by atoms with Gasteiger partial charge in [0.15, 0.2) is 12.3 Å². The Morgan fingerprint density at radius 1 is 1.10 bits per heavy atom. The molecule has 1 fully saturated rings. The van der Waals surface area contributed by atoms with Crippen molar-refractivity contribution >= 4 is 34.3 Å². The van der Waals surface area contributed by atoms with E-state index in [9.17, 15) is 9.59 Å². The molecule has 2 aromatic heterocycles. The van der Waals surface area contributed by atoms with E-state index in [2.05, 4.69) is 20.7 Å². The number of nitrogens with one attached hydrogen (secondary N) is 2. The van der Waals surface area contributed by atoms with Crippen LogP contribution in [0.15, 0.2) is 30.3 Å². The summed E-state index contributed by atoms with van der Waals surface area (Å²) in [4.78, 5) is 31.2. The molecule has 3 aromatic rings. The number of fused-ring (bicyclic) bond motifs is 1. The van der Waals surface area contributed by atoms with Crippen LogP contribution < -0.4 is 15.4 Å². The van der Waals surface area contributed by atoms with Gasteiger partial charge in [0, 0.05) is 25.8 Å². The minimum absolute atomic E-state index is 0.159. The second-order valence-corrected chi connectivity index (χ2v) is 7.71. The molecule has 2 N–H and O–H groups in total. The summed E-state index contributed by atoms with van der Waals surface area (Å²) >= 11 is 0. The van der Waals surface area contributed by atoms with Gasteiger partial charge in [-0.15, -0.1) is 5.10 Å². The first-order valence-electron chi connectivity index (χ1n) is 10.3. The zero-order valence-corrected chi connectivity index (χ0v) is 17.9. The van der Waals surface area contributed by atoms with Gasteiger partial charge in [0.25, 0.3) is 5.91 Å². The predicted octanol–water partition coefficient (Wildman–Crippen LogP) is 3.23. The van der Waals surface area contributed by atoms with Gasteiger partial charge >= 0.3 is 6.03 Å². The molecule has 0 radical (unpaired) electrons. The highest BCUT2D eigenvalue weighted by molar-refractivity contribution is 5.99. The molecule has 0 unspecified atom stereocenters. The van der Waals surface area contributed by atoms with E-state index in [4.69, 9.17) is 4.74 Å². The number of anilines is 2. The summed E-state index contributed by atoms with van der Waals surface area (Å²) in [5, 5.41) is 10.8. The van der Waals surface area contributed by atoms with E-state index in [1.165, 1.54) is 0 Å². The highest BCUT2D eigenvalue weighted by atomic mass is 16.5. The van der Waals surface area contributed by atoms with Gasteiger partial charge in [-0.2, -0.15) is 0 Å². The van der Waals surface area contributed by atoms with Crippen LogP contribution in [0.4, 0.5) is 16.2 Å². The molecule has 1 aliphatic rings. The van der Waals surface area contributed by atoms with Crippen molar-refractivity contribution in [3.05, 3.63) is 41.6 Å². The molecular formula is C22H26N6O3. The standard InChI is InChI=1S/C22H26N6O3/c1-14-12-15(2)23-20-19(14)21(26-27(20)3)31-13-18(29)24-16-8-4-5-9-17(16)25-22(30)28-10-6-7-11-28/h4-5,8-9,12H,6-7,10-11,13H2,1-3H3,(H,24,29)(H,25,30). The maximum Gasteiger partial charge on any atom is 0.321 e. The Hall–Kier alpha value is -3.62. The van der Waals surface area contributed by atoms with Crippen LogP contribution in [0, 0.1) is 13.8 Å². The summed E-state index contributed by atoms with van der Waals surface area (Å²) < 4.78 is 7.36. The Bertz CT molecular complexity index is 1130. The van der Waals surface area contributed by atoms with E-state index in [0.29, 0.717) is 22.9 Å². The minimum atomic E-state index is -0.348. The topological polar surface area (TPSA) is 101 Å². The molecule has 0 atom stereocenters. The minimum Gasteiger partial charge on any atom is -0.466 e. The average molecular weight is 422 g/mol. The lowest BCUT2D eigenvalue weighted by molar-refractivity contribution is -0.118. The van der Waals surface area contributed by atoms with Crippen molar-refractivity contribution in [2.45, 2.75) is 26.7 Å². The highest BCUT2D eigenvalue weighted by Crippen LogP contribution is 2.27. The fourth-order valence-electron chi connectivity index (χ4n) is 3.79. The first-order chi connectivity index (χ1) is 14.9. The summed E-state index contributed by atoms with van der Waals surface area (Å²) in [7, 11) is 1.79. The number of rotatable bonds is 5. The first kappa shape index (κ1) is 20.6. The number of hydrogen-bond donors (Lipinski definition) is 2. The zero-order valence-electron chi connectivity index (χ0n) is 17.9. The number of carbonyl (C=O) groups is 2. The lowest BCUT2D eigenvalue weighted by atomic mass is 10.2. The van der Waals surface area contributed by atoms with Crippen molar-refractivity contribution in [2.24, 2.45) is 7.05 Å². The highest BCUT2D eigenvalue weighted by Gasteiger charge is 2.20. The van der Waals surface area contributed by atoms with Gasteiger partial charge in [-0.25, -0.2) is 14.5 Å². The molecule has 0 bridgehead atoms. The molecule has 0 spiro atoms. The third-order valence-corrected chi connectivity index (χ3v) is 5.26. The molecule has 162 valence electrons. The van der Waals surface area contributed by atoms with Crippen LogP contribution in [0.2, 0.25) is 0 Å². The normalized spacial score (nSPS) is 13.5. The van der Waals surface area contributed by atoms with Crippen molar-refractivity contribution < 1.29 is 14.3 Å². The van der Waals surface area contributed by atoms with Crippen LogP contribution >= 0.6 is 0 Å². The van der Waals surface area contributed by atoms with Crippen LogP contribution in [0.25, 0.3) is 11.0 Å². The summed E-state index contributed by atoms with van der Waals surface area (Å²) in [5.74, 6) is 0.0210. The number of ether oxygens (including phenoxy) is 1. The van der Waals surface area contributed by atoms with E-state index in [1.54, 1.807) is 34.8 Å². The number of para-hydroxylation sites is 2. The number of aryl methyl sites for hydroxylation is 3. The van der Waals surface area contributed by atoms with Crippen LogP contribution in [0.1, 0.15) is 24.1 Å². The van der Waals surface area contributed by atoms with E-state index in [1.807, 2.05) is 26.0 Å². The number of nitrogens with zero attached hydrogens (tertiary/aromatic N) is 4. The van der Waals surface area contributed by atoms with E-state index < -0.39 is 0 Å². The van der Waals surface area contributed by atoms with Gasteiger partial charge in [-0.05, 0) is 50.5 Å². The Labute approximate surface area is 180 Å². The average Bonchev–Trinajstić information content (AvgIpc) is 3.37. The zero-order chi connectivity index (χ0) is 22.0. The molecule has 3 amide bonds. The Morgan fingerprint density at radius 3 is 2.48 bits per heavy atom. The number of carbonyl (C=O) groups excluding carboxylic acids is 2. The third kappa shape index (κ3) is 4.45. The molecule has 4 rings (SSSR count). The van der Waals surface area contributed by atoms with Gasteiger partial charge in [0.2, 0.25) is 5.88 Å². The summed E-state index contributed by atoms with van der Waals surface area (Å²) in [5.41, 5.74) is 3.66. The molecule has 0 saturated carbocycles. The van der Waals surface area contributed by atoms with E-state index in [-0.39, 0.29) is 18.5 Å². The van der Waals surface area contributed by atoms with Crippen molar-refractivity contribution in [2.75, 3.05) is 30.3 Å². The third-order valence-electron chi connectivity index (χ3n) is 5.26. The summed E-state index contributed by atoms with van der Waals surface area (Å²) in [6.45, 7) is 5.17. The Kier molecular flexibility index (Phi) is 5.75. The quantitative estimate of drug-likeness (QED) is 0.657. The maximum atomic E-state index is 12.6. The summed E-state index contributed by atoms with van der Waals surface area (Å²) in [6.07, 6.45) is 2.03. The number of urea groups is 1. The molecule has 9 nitrogen and oxygen atoms in total. The van der Waals surface area contributed by atoms with Crippen molar-refractivity contribution in [3.63, 3.8) is 0 Å². The van der Waals surface area contributed by atoms with E-state index >= 15 is 0 Å². The van der Waals surface area contributed by atoms with Crippen LogP contribution in [0.3, 0.4) is 0 Å². The first-order valence-corrected chi connectivity index (χ1v) is 10.3. The van der Waals surface area contributed by atoms with Gasteiger partial charge in [0.1, 0.15) is 0 Å². The maximum absolute atomic E-state index is 12.6. The number of pyridine rings is 1. The molecule has 3 heterocycles. The predicted molar refractivity (Wildman–Crippen MR) is 118 cm³/mol. The van der Waals surface area contributed by atoms with Gasteiger partial charge < -0.3 is 20.3 Å². The van der Waals surface area contributed by atoms with Crippen LogP contribution in [0.5, 0.6) is 5.88 Å². The SMILES string of the molecule is Cc1cc(C)c2c(OCC(=O)Nc3ccccc3NC(=O)N3CCCC3)nn(C)c2n1. The van der Waals surface area contributed by atoms with Crippen LogP contribution in [-0.2, 0) is 11.8 Å². The molecule has 1 saturated heterocycles. The second kappa shape index (κ2) is 8.63. The lowest BCUT2D eigenvalue weighted by Crippen LogP contribution is -2.32. The lowest BCUT2D eigenvalue weighted by Gasteiger charge is -2.18. The largest absolute Gasteiger partial charge is 0.466 e. The van der Waals surface area contributed by atoms with Crippen molar-refractivity contribution in [1.29, 1.82) is 0 Å². The molecule has 9 heteroatoms.